The summed E-state index contributed by atoms with van der Waals surface area (Å²) in [5, 5.41) is 1.16. The largest absolute Gasteiger partial charge is 0.748 e. The number of carbonyl (C=O) groups is 4. The van der Waals surface area contributed by atoms with Crippen LogP contribution >= 0.6 is 45.8 Å². The van der Waals surface area contributed by atoms with Crippen LogP contribution in [0, 0.1) is 0 Å². The first-order chi connectivity index (χ1) is 35.1. The molecule has 398 valence electrons. The van der Waals surface area contributed by atoms with E-state index in [1.807, 2.05) is 55.5 Å². The number of quaternary nitrogens is 1. The van der Waals surface area contributed by atoms with Gasteiger partial charge in [-0.15, -0.1) is 0 Å². The van der Waals surface area contributed by atoms with Gasteiger partial charge >= 0.3 is 11.9 Å². The topological polar surface area (TPSA) is 224 Å². The summed E-state index contributed by atoms with van der Waals surface area (Å²) in [7, 11) is -4.35. The lowest BCUT2D eigenvalue weighted by Gasteiger charge is -2.35. The molecule has 2 fully saturated rings. The lowest BCUT2D eigenvalue weighted by molar-refractivity contribution is -0.143. The van der Waals surface area contributed by atoms with Crippen molar-refractivity contribution in [3.05, 3.63) is 152 Å². The van der Waals surface area contributed by atoms with Gasteiger partial charge in [0.2, 0.25) is 11.8 Å². The second-order valence-electron chi connectivity index (χ2n) is 18.0. The van der Waals surface area contributed by atoms with Crippen LogP contribution in [0.4, 0.5) is 0 Å². The molecule has 4 heterocycles. The fourth-order valence-corrected chi connectivity index (χ4v) is 9.94. The molecule has 2 amide bonds. The van der Waals surface area contributed by atoms with Crippen LogP contribution in [0.3, 0.4) is 0 Å². The van der Waals surface area contributed by atoms with Crippen molar-refractivity contribution >= 4 is 79.7 Å². The molecule has 8 rings (SSSR count). The average Bonchev–Trinajstić information content (AvgIpc) is 4.10. The van der Waals surface area contributed by atoms with E-state index in [1.165, 1.54) is 0 Å². The van der Waals surface area contributed by atoms with Crippen LogP contribution in [0.25, 0.3) is 0 Å². The second-order valence-corrected chi connectivity index (χ2v) is 21.5. The lowest BCUT2D eigenvalue weighted by Crippen LogP contribution is -2.42. The maximum Gasteiger partial charge on any atom is 0.336 e. The Balaban J connectivity index is 0.000000238. The molecule has 0 unspecified atom stereocenters. The Kier molecular flexibility index (Phi) is 21.7. The first-order valence-corrected chi connectivity index (χ1v) is 28.0. The number of carbonyl (C=O) groups excluding carboxylic acids is 4. The molecule has 0 aromatic heterocycles. The number of hydrogen-bond donors (Lipinski definition) is 1. The highest BCUT2D eigenvalue weighted by Gasteiger charge is 2.40. The predicted octanol–water partition coefficient (Wildman–Crippen LogP) is 9.82. The molecule has 0 spiro atoms. The molecule has 74 heavy (non-hydrogen) atoms. The maximum atomic E-state index is 13.4. The first kappa shape index (κ1) is 58.2. The number of alkyl halides is 1. The van der Waals surface area contributed by atoms with Crippen LogP contribution in [0.5, 0.6) is 11.5 Å². The molecule has 0 bridgehead atoms. The third-order valence-electron chi connectivity index (χ3n) is 13.0. The van der Waals surface area contributed by atoms with E-state index >= 15 is 0 Å². The zero-order valence-electron chi connectivity index (χ0n) is 41.6. The van der Waals surface area contributed by atoms with Crippen molar-refractivity contribution in [2.24, 2.45) is 0 Å². The third-order valence-corrected chi connectivity index (χ3v) is 14.6. The number of rotatable bonds is 19. The molecule has 20 heteroatoms. The van der Waals surface area contributed by atoms with E-state index in [0.717, 1.165) is 52.6 Å². The van der Waals surface area contributed by atoms with Gasteiger partial charge in [0.15, 0.2) is 0 Å². The van der Waals surface area contributed by atoms with Gasteiger partial charge in [0.05, 0.1) is 58.9 Å². The van der Waals surface area contributed by atoms with Gasteiger partial charge in [0.25, 0.3) is 0 Å². The number of hydrogen-bond acceptors (Lipinski definition) is 13. The van der Waals surface area contributed by atoms with Gasteiger partial charge < -0.3 is 48.9 Å². The molecular formula is C54H62Cl2IN3O13S. The number of nitrogens with zero attached hydrogens (tertiary/aromatic N) is 2. The normalized spacial score (nSPS) is 19.9. The second kappa shape index (κ2) is 27.6. The molecule has 4 N–H and O–H groups in total. The van der Waals surface area contributed by atoms with Gasteiger partial charge in [0.1, 0.15) is 31.3 Å². The van der Waals surface area contributed by atoms with E-state index < -0.39 is 39.6 Å². The van der Waals surface area contributed by atoms with Gasteiger partial charge in [-0.05, 0) is 110 Å². The minimum Gasteiger partial charge on any atom is -0.748 e. The Morgan fingerprint density at radius 2 is 1.04 bits per heavy atom. The molecule has 4 aliphatic rings. The Morgan fingerprint density at radius 3 is 1.39 bits per heavy atom. The van der Waals surface area contributed by atoms with Crippen LogP contribution < -0.4 is 15.6 Å². The van der Waals surface area contributed by atoms with Crippen LogP contribution in [0.15, 0.2) is 120 Å². The zero-order chi connectivity index (χ0) is 52.1. The molecule has 4 atom stereocenters. The maximum absolute atomic E-state index is 13.4. The van der Waals surface area contributed by atoms with E-state index in [1.54, 1.807) is 65.3 Å². The minimum atomic E-state index is -4.35. The van der Waals surface area contributed by atoms with Crippen molar-refractivity contribution in [1.29, 1.82) is 0 Å². The summed E-state index contributed by atoms with van der Waals surface area (Å²) >= 11 is 14.4. The van der Waals surface area contributed by atoms with Crippen LogP contribution in [-0.2, 0) is 61.5 Å². The summed E-state index contributed by atoms with van der Waals surface area (Å²) in [4.78, 5) is 56.5. The van der Waals surface area contributed by atoms with Crippen LogP contribution in [0.2, 0.25) is 10.0 Å². The lowest BCUT2D eigenvalue weighted by atomic mass is 9.83. The van der Waals surface area contributed by atoms with Crippen LogP contribution in [0.1, 0.15) is 86.5 Å². The molecule has 2 saturated heterocycles. The zero-order valence-corrected chi connectivity index (χ0v) is 46.1. The number of esters is 2. The van der Waals surface area contributed by atoms with Gasteiger partial charge in [-0.2, -0.15) is 0 Å². The number of benzene rings is 4. The summed E-state index contributed by atoms with van der Waals surface area (Å²) in [5.41, 5.74) is 5.32. The van der Waals surface area contributed by atoms with E-state index in [9.17, 15) is 32.1 Å². The van der Waals surface area contributed by atoms with Crippen molar-refractivity contribution in [3.63, 3.8) is 0 Å². The molecule has 4 aromatic rings. The summed E-state index contributed by atoms with van der Waals surface area (Å²) < 4.78 is 66.8. The average molecular weight is 1190 g/mol. The Hall–Kier alpha value is -5.06. The highest BCUT2D eigenvalue weighted by atomic mass is 127. The van der Waals surface area contributed by atoms with E-state index in [2.05, 4.69) is 22.6 Å². The Labute approximate surface area is 456 Å². The predicted molar refractivity (Wildman–Crippen MR) is 287 cm³/mol. The van der Waals surface area contributed by atoms with Gasteiger partial charge in [0, 0.05) is 63.8 Å². The van der Waals surface area contributed by atoms with Crippen LogP contribution in [-0.4, -0.2) is 108 Å². The van der Waals surface area contributed by atoms with Crippen molar-refractivity contribution in [3.8, 4) is 11.5 Å². The fraction of sp³-hybridized carbons (Fsp3) is 0.407. The molecule has 4 aliphatic heterocycles. The van der Waals surface area contributed by atoms with Crippen molar-refractivity contribution in [1.82, 2.24) is 16.0 Å². The summed E-state index contributed by atoms with van der Waals surface area (Å²) in [6, 6.07) is 28.5. The molecule has 0 aliphatic carbocycles. The highest BCUT2D eigenvalue weighted by molar-refractivity contribution is 14.1. The number of amides is 2. The number of ether oxygens (including phenoxy) is 6. The van der Waals surface area contributed by atoms with Crippen molar-refractivity contribution in [2.75, 3.05) is 49.7 Å². The Bertz CT molecular complexity index is 2730. The molecule has 16 nitrogen and oxygen atoms in total. The molecule has 4 aromatic carbocycles. The number of allylic oxidation sites excluding steroid dienone is 2. The molecule has 0 radical (unpaired) electrons. The molecular weight excluding hydrogens is 1130 g/mol. The van der Waals surface area contributed by atoms with Crippen molar-refractivity contribution in [2.45, 2.75) is 89.6 Å². The Morgan fingerprint density at radius 1 is 0.649 bits per heavy atom. The standard InChI is InChI=1S/C27H29ClINO5.C27H30ClNO8S.H3N/c1-18-26(27(32)35-17-19-4-10-22(11-5-19)34-14-12-29)24(20-6-8-21(28)9-7-20)15-25(31)30(18)16-23-3-2-13-33-23;1-18-26(27(31)37-17-19-4-10-22(11-5-19)36-13-14-38(32,33)34)24(20-6-8-21(28)9-7-20)15-25(30)29(18)16-23-3-2-12-35-23;/h4-11,23-24H,2-3,12-17H2,1H3;4-11,23-24H,2-3,12-17H2,1H3,(H,32,33,34);1H3/t2*23-,24+;/m11./s1. The first-order valence-electron chi connectivity index (χ1n) is 24.1. The smallest absolute Gasteiger partial charge is 0.336 e. The summed E-state index contributed by atoms with van der Waals surface area (Å²) in [6.45, 7) is 6.32. The SMILES string of the molecule is CC1=C(C(=O)OCc2ccc(OCCI)cc2)[C@H](c2ccc(Cl)cc2)CC(=O)N1C[C@H]1CCCO1.CC1=C(C(=O)OCc2ccc(OCCS(=O)(=O)[O-])cc2)[C@H](c2ccc(Cl)cc2)CC(=O)N1C[C@H]1CCCO1.[NH4+]. The quantitative estimate of drug-likeness (QED) is 0.0400. The summed E-state index contributed by atoms with van der Waals surface area (Å²) in [6.07, 6.45) is 3.96. The van der Waals surface area contributed by atoms with Crippen molar-refractivity contribution < 1.29 is 60.6 Å². The van der Waals surface area contributed by atoms with Gasteiger partial charge in [-0.25, -0.2) is 18.0 Å². The van der Waals surface area contributed by atoms with E-state index in [0.29, 0.717) is 76.8 Å². The number of halogens is 3. The molecule has 0 saturated carbocycles. The van der Waals surface area contributed by atoms with E-state index in [4.69, 9.17) is 51.6 Å². The van der Waals surface area contributed by atoms with Gasteiger partial charge in [-0.3, -0.25) is 9.59 Å². The third kappa shape index (κ3) is 16.2. The monoisotopic (exact) mass is 1190 g/mol. The fourth-order valence-electron chi connectivity index (χ4n) is 9.18. The van der Waals surface area contributed by atoms with Gasteiger partial charge in [-0.1, -0.05) is 94.3 Å². The summed E-state index contributed by atoms with van der Waals surface area (Å²) in [5.74, 6) is -1.34. The highest BCUT2D eigenvalue weighted by Crippen LogP contribution is 2.40. The minimum absolute atomic E-state index is 0. The van der Waals surface area contributed by atoms with E-state index in [-0.39, 0.29) is 62.8 Å².